The Kier molecular flexibility index (Phi) is 3.93. The van der Waals surface area contributed by atoms with Crippen molar-refractivity contribution in [3.8, 4) is 5.75 Å². The minimum Gasteiger partial charge on any atom is -0.497 e. The molecule has 9 heteroatoms. The second-order valence-corrected chi connectivity index (χ2v) is 7.73. The number of fused-ring (bicyclic) bond motifs is 3. The molecule has 0 aromatic heterocycles. The standard InChI is InChI=1S/C17H20N2O7/c1-16-6-3-7-17(2,15(21)22)11(16)5-4-9-8-10(18(23)24)14(20)13(12(9)16)19(25)26/h8,11,20H,3-7H2,1-2H3,(H,21,22)/t11?,16-,17-/m0/s1. The van der Waals surface area contributed by atoms with Crippen molar-refractivity contribution >= 4 is 17.3 Å². The van der Waals surface area contributed by atoms with E-state index < -0.39 is 43.8 Å². The van der Waals surface area contributed by atoms with E-state index in [9.17, 15) is 35.2 Å². The van der Waals surface area contributed by atoms with Crippen molar-refractivity contribution in [1.82, 2.24) is 0 Å². The van der Waals surface area contributed by atoms with Crippen molar-refractivity contribution in [1.29, 1.82) is 0 Å². The van der Waals surface area contributed by atoms with E-state index in [1.165, 1.54) is 6.07 Å². The fourth-order valence-corrected chi connectivity index (χ4v) is 5.22. The number of hydrogen-bond acceptors (Lipinski definition) is 6. The fraction of sp³-hybridized carbons (Fsp3) is 0.588. The Bertz CT molecular complexity index is 837. The van der Waals surface area contributed by atoms with Gasteiger partial charge in [0.05, 0.1) is 15.3 Å². The molecule has 3 rings (SSSR count). The van der Waals surface area contributed by atoms with Crippen molar-refractivity contribution in [3.63, 3.8) is 0 Å². The molecule has 0 saturated heterocycles. The molecular formula is C17H20N2O7. The molecule has 140 valence electrons. The Morgan fingerprint density at radius 3 is 2.42 bits per heavy atom. The van der Waals surface area contributed by atoms with E-state index in [0.717, 1.165) is 0 Å². The second kappa shape index (κ2) is 5.65. The zero-order chi connectivity index (χ0) is 19.4. The molecule has 26 heavy (non-hydrogen) atoms. The van der Waals surface area contributed by atoms with Crippen LogP contribution in [0.2, 0.25) is 0 Å². The van der Waals surface area contributed by atoms with Crippen molar-refractivity contribution < 1.29 is 24.9 Å². The smallest absolute Gasteiger partial charge is 0.322 e. The number of benzene rings is 1. The molecule has 1 fully saturated rings. The van der Waals surface area contributed by atoms with Crippen LogP contribution in [0.5, 0.6) is 5.75 Å². The average molecular weight is 364 g/mol. The van der Waals surface area contributed by atoms with Gasteiger partial charge < -0.3 is 10.2 Å². The lowest BCUT2D eigenvalue weighted by Gasteiger charge is -2.53. The molecule has 2 aliphatic carbocycles. The molecule has 0 radical (unpaired) electrons. The van der Waals surface area contributed by atoms with Crippen LogP contribution in [-0.2, 0) is 16.6 Å². The van der Waals surface area contributed by atoms with E-state index in [2.05, 4.69) is 0 Å². The molecule has 1 unspecified atom stereocenters. The number of nitro benzene ring substituents is 2. The Morgan fingerprint density at radius 2 is 1.88 bits per heavy atom. The average Bonchev–Trinajstić information content (AvgIpc) is 2.53. The molecule has 9 nitrogen and oxygen atoms in total. The van der Waals surface area contributed by atoms with Crippen LogP contribution in [0.3, 0.4) is 0 Å². The number of carbonyl (C=O) groups is 1. The molecule has 2 aliphatic rings. The highest BCUT2D eigenvalue weighted by atomic mass is 16.6. The number of hydrogen-bond donors (Lipinski definition) is 2. The zero-order valence-corrected chi connectivity index (χ0v) is 14.5. The number of carboxylic acids is 1. The summed E-state index contributed by atoms with van der Waals surface area (Å²) in [5, 5.41) is 42.9. The third-order valence-electron chi connectivity index (χ3n) is 6.41. The first-order valence-electron chi connectivity index (χ1n) is 8.45. The van der Waals surface area contributed by atoms with Crippen molar-refractivity contribution in [2.24, 2.45) is 11.3 Å². The number of aromatic hydroxyl groups is 1. The van der Waals surface area contributed by atoms with Crippen LogP contribution < -0.4 is 0 Å². The van der Waals surface area contributed by atoms with Gasteiger partial charge in [-0.1, -0.05) is 13.3 Å². The quantitative estimate of drug-likeness (QED) is 0.618. The number of rotatable bonds is 3. The van der Waals surface area contributed by atoms with Gasteiger partial charge in [-0.05, 0) is 44.1 Å². The highest BCUT2D eigenvalue weighted by Crippen LogP contribution is 2.60. The minimum absolute atomic E-state index is 0.258. The first-order chi connectivity index (χ1) is 12.0. The predicted molar refractivity (Wildman–Crippen MR) is 90.2 cm³/mol. The van der Waals surface area contributed by atoms with Gasteiger partial charge >= 0.3 is 17.3 Å². The molecule has 0 amide bonds. The van der Waals surface area contributed by atoms with Crippen molar-refractivity contribution in [2.75, 3.05) is 0 Å². The van der Waals surface area contributed by atoms with Gasteiger partial charge in [0.25, 0.3) is 5.75 Å². The maximum absolute atomic E-state index is 11.9. The monoisotopic (exact) mass is 364 g/mol. The molecule has 0 spiro atoms. The number of aliphatic carboxylic acids is 1. The number of carboxylic acid groups (broad SMARTS) is 1. The van der Waals surface area contributed by atoms with Gasteiger partial charge in [-0.3, -0.25) is 25.0 Å². The third kappa shape index (κ3) is 2.26. The Balaban J connectivity index is 2.31. The van der Waals surface area contributed by atoms with Gasteiger partial charge in [0.2, 0.25) is 0 Å². The summed E-state index contributed by atoms with van der Waals surface area (Å²) in [5.74, 6) is -2.25. The highest BCUT2D eigenvalue weighted by Gasteiger charge is 2.58. The number of phenols is 1. The molecule has 0 heterocycles. The fourth-order valence-electron chi connectivity index (χ4n) is 5.22. The molecule has 1 saturated carbocycles. The summed E-state index contributed by atoms with van der Waals surface area (Å²) in [4.78, 5) is 33.2. The van der Waals surface area contributed by atoms with Crippen LogP contribution in [0.4, 0.5) is 11.4 Å². The highest BCUT2D eigenvalue weighted by molar-refractivity contribution is 5.76. The molecule has 3 atom stereocenters. The van der Waals surface area contributed by atoms with Gasteiger partial charge in [0, 0.05) is 17.0 Å². The molecule has 0 aliphatic heterocycles. The molecule has 0 bridgehead atoms. The number of nitro groups is 2. The minimum atomic E-state index is -1.03. The summed E-state index contributed by atoms with van der Waals surface area (Å²) < 4.78 is 0. The van der Waals surface area contributed by atoms with Crippen molar-refractivity contribution in [2.45, 2.75) is 51.4 Å². The normalized spacial score (nSPS) is 30.2. The van der Waals surface area contributed by atoms with Gasteiger partial charge in [-0.25, -0.2) is 0 Å². The first kappa shape index (κ1) is 18.1. The summed E-state index contributed by atoms with van der Waals surface area (Å²) in [7, 11) is 0. The maximum Gasteiger partial charge on any atom is 0.322 e. The van der Waals surface area contributed by atoms with Crippen LogP contribution in [0, 0.1) is 31.6 Å². The van der Waals surface area contributed by atoms with Crippen LogP contribution in [0.25, 0.3) is 0 Å². The van der Waals surface area contributed by atoms with Crippen LogP contribution >= 0.6 is 0 Å². The molecule has 1 aromatic rings. The molecule has 1 aromatic carbocycles. The summed E-state index contributed by atoms with van der Waals surface area (Å²) >= 11 is 0. The largest absolute Gasteiger partial charge is 0.497 e. The van der Waals surface area contributed by atoms with Gasteiger partial charge in [0.15, 0.2) is 0 Å². The molecule has 2 N–H and O–H groups in total. The topological polar surface area (TPSA) is 144 Å². The first-order valence-corrected chi connectivity index (χ1v) is 8.45. The van der Waals surface area contributed by atoms with E-state index in [1.807, 2.05) is 0 Å². The van der Waals surface area contributed by atoms with Gasteiger partial charge in [-0.2, -0.15) is 0 Å². The van der Waals surface area contributed by atoms with Gasteiger partial charge in [0.1, 0.15) is 0 Å². The van der Waals surface area contributed by atoms with E-state index in [-0.39, 0.29) is 11.5 Å². The zero-order valence-electron chi connectivity index (χ0n) is 14.5. The number of nitrogens with zero attached hydrogens (tertiary/aromatic N) is 2. The predicted octanol–water partition coefficient (Wildman–Crippen LogP) is 3.30. The van der Waals surface area contributed by atoms with E-state index >= 15 is 0 Å². The Hall–Kier alpha value is -2.71. The SMILES string of the molecule is C[C@]1(C(=O)O)CCC[C@]2(C)c3c(cc([N+](=O)[O-])c(O)c3[N+](=O)[O-])CCC12. The van der Waals surface area contributed by atoms with Crippen LogP contribution in [0.15, 0.2) is 6.07 Å². The van der Waals surface area contributed by atoms with Gasteiger partial charge in [-0.15, -0.1) is 0 Å². The van der Waals surface area contributed by atoms with Crippen molar-refractivity contribution in [3.05, 3.63) is 37.4 Å². The second-order valence-electron chi connectivity index (χ2n) is 7.73. The van der Waals surface area contributed by atoms with E-state index in [0.29, 0.717) is 37.7 Å². The summed E-state index contributed by atoms with van der Waals surface area (Å²) in [6, 6.07) is 1.20. The van der Waals surface area contributed by atoms with E-state index in [1.54, 1.807) is 13.8 Å². The lowest BCUT2D eigenvalue weighted by atomic mass is 9.49. The lowest BCUT2D eigenvalue weighted by molar-refractivity contribution is -0.397. The summed E-state index contributed by atoms with van der Waals surface area (Å²) in [6.45, 7) is 3.45. The van der Waals surface area contributed by atoms with Crippen LogP contribution in [-0.4, -0.2) is 26.0 Å². The van der Waals surface area contributed by atoms with Crippen LogP contribution in [0.1, 0.15) is 50.7 Å². The van der Waals surface area contributed by atoms with E-state index in [4.69, 9.17) is 0 Å². The summed E-state index contributed by atoms with van der Waals surface area (Å²) in [6.07, 6.45) is 2.37. The summed E-state index contributed by atoms with van der Waals surface area (Å²) in [5.41, 5.74) is -2.50. The lowest BCUT2D eigenvalue weighted by Crippen LogP contribution is -2.52. The number of aryl methyl sites for hydroxylation is 1. The third-order valence-corrected chi connectivity index (χ3v) is 6.41. The Morgan fingerprint density at radius 1 is 1.23 bits per heavy atom. The molecular weight excluding hydrogens is 344 g/mol. The maximum atomic E-state index is 11.9. The number of phenolic OH excluding ortho intramolecular Hbond substituents is 1. The Labute approximate surface area is 148 Å².